The van der Waals surface area contributed by atoms with Crippen molar-refractivity contribution in [1.29, 1.82) is 0 Å². The molecule has 0 heterocycles. The third-order valence-corrected chi connectivity index (χ3v) is 7.76. The van der Waals surface area contributed by atoms with Crippen molar-refractivity contribution < 1.29 is 9.53 Å². The van der Waals surface area contributed by atoms with Crippen molar-refractivity contribution in [1.82, 2.24) is 9.80 Å². The molecule has 0 saturated heterocycles. The van der Waals surface area contributed by atoms with E-state index >= 15 is 0 Å². The highest BCUT2D eigenvalue weighted by molar-refractivity contribution is 5.73. The molecule has 212 valence electrons. The van der Waals surface area contributed by atoms with Gasteiger partial charge in [-0.3, -0.25) is 14.6 Å². The average Bonchev–Trinajstić information content (AvgIpc) is 3.03. The third-order valence-electron chi connectivity index (χ3n) is 7.76. The second kappa shape index (κ2) is 15.7. The predicted molar refractivity (Wildman–Crippen MR) is 168 cm³/mol. The van der Waals surface area contributed by atoms with Crippen LogP contribution in [0.5, 0.6) is 0 Å². The summed E-state index contributed by atoms with van der Waals surface area (Å²) in [6.45, 7) is 9.17. The molecule has 3 atom stereocenters. The molecule has 0 N–H and O–H groups in total. The van der Waals surface area contributed by atoms with Crippen molar-refractivity contribution in [2.24, 2.45) is 5.92 Å². The molecular formula is C37H42N2O2. The van der Waals surface area contributed by atoms with Gasteiger partial charge in [0.15, 0.2) is 0 Å². The highest BCUT2D eigenvalue weighted by atomic mass is 16.5. The number of rotatable bonds is 15. The van der Waals surface area contributed by atoms with Crippen molar-refractivity contribution in [2.45, 2.75) is 38.5 Å². The minimum absolute atomic E-state index is 0.0617. The first-order valence-corrected chi connectivity index (χ1v) is 14.4. The van der Waals surface area contributed by atoms with E-state index in [0.29, 0.717) is 26.1 Å². The van der Waals surface area contributed by atoms with E-state index in [1.807, 2.05) is 42.5 Å². The topological polar surface area (TPSA) is 32.8 Å². The normalized spacial score (nSPS) is 13.5. The Hall–Kier alpha value is -3.99. The lowest BCUT2D eigenvalue weighted by atomic mass is 9.88. The molecule has 0 aliphatic carbocycles. The molecule has 0 radical (unpaired) electrons. The van der Waals surface area contributed by atoms with E-state index in [1.165, 1.54) is 23.8 Å². The van der Waals surface area contributed by atoms with Crippen LogP contribution in [0, 0.1) is 5.92 Å². The van der Waals surface area contributed by atoms with Gasteiger partial charge < -0.3 is 4.74 Å². The fourth-order valence-electron chi connectivity index (χ4n) is 5.61. The van der Waals surface area contributed by atoms with Gasteiger partial charge >= 0.3 is 5.97 Å². The van der Waals surface area contributed by atoms with Crippen LogP contribution in [0.25, 0.3) is 0 Å². The number of hydrogen-bond acceptors (Lipinski definition) is 4. The van der Waals surface area contributed by atoms with Gasteiger partial charge in [-0.1, -0.05) is 127 Å². The maximum absolute atomic E-state index is 13.7. The van der Waals surface area contributed by atoms with Crippen LogP contribution in [0.1, 0.15) is 35.2 Å². The molecule has 0 aromatic heterocycles. The number of esters is 1. The van der Waals surface area contributed by atoms with E-state index in [1.54, 1.807) is 0 Å². The highest BCUT2D eigenvalue weighted by Crippen LogP contribution is 2.31. The van der Waals surface area contributed by atoms with Crippen LogP contribution in [0.2, 0.25) is 0 Å². The van der Waals surface area contributed by atoms with Crippen molar-refractivity contribution in [3.8, 4) is 0 Å². The maximum Gasteiger partial charge on any atom is 0.310 e. The van der Waals surface area contributed by atoms with Crippen LogP contribution >= 0.6 is 0 Å². The van der Waals surface area contributed by atoms with Crippen LogP contribution in [-0.4, -0.2) is 42.0 Å². The summed E-state index contributed by atoms with van der Waals surface area (Å²) in [4.78, 5) is 18.6. The fraction of sp³-hybridized carbons (Fsp3) is 0.270. The van der Waals surface area contributed by atoms with E-state index in [9.17, 15) is 4.79 Å². The van der Waals surface area contributed by atoms with E-state index in [0.717, 1.165) is 12.1 Å². The number of hydrogen-bond donors (Lipinski definition) is 0. The molecule has 0 unspecified atom stereocenters. The van der Waals surface area contributed by atoms with Gasteiger partial charge in [0.05, 0.1) is 13.0 Å². The lowest BCUT2D eigenvalue weighted by molar-refractivity contribution is -0.149. The molecule has 0 aliphatic rings. The van der Waals surface area contributed by atoms with Crippen LogP contribution in [0.4, 0.5) is 0 Å². The standard InChI is InChI=1S/C37H42N2O2/c1-4-25-38(27-32-19-11-6-12-20-32)29-36(35(37(40)41-3)26-31-17-9-5-10-18-31)39(28-33-21-13-7-14-22-33)30(2)34-23-15-8-16-24-34/h4-24,30,35-36H,1,25-29H2,2-3H3/t30-,35+,36-/m0/s1. The number of nitrogens with zero attached hydrogens (tertiary/aromatic N) is 2. The van der Waals surface area contributed by atoms with Gasteiger partial charge in [-0.15, -0.1) is 6.58 Å². The zero-order valence-corrected chi connectivity index (χ0v) is 24.3. The van der Waals surface area contributed by atoms with Gasteiger partial charge in [0.1, 0.15) is 0 Å². The summed E-state index contributed by atoms with van der Waals surface area (Å²) in [6, 6.07) is 41.8. The lowest BCUT2D eigenvalue weighted by Gasteiger charge is -2.42. The number of methoxy groups -OCH3 is 1. The summed E-state index contributed by atoms with van der Waals surface area (Å²) in [7, 11) is 1.50. The first-order chi connectivity index (χ1) is 20.1. The molecular weight excluding hydrogens is 504 g/mol. The lowest BCUT2D eigenvalue weighted by Crippen LogP contribution is -2.51. The van der Waals surface area contributed by atoms with Crippen LogP contribution in [-0.2, 0) is 29.0 Å². The summed E-state index contributed by atoms with van der Waals surface area (Å²) >= 11 is 0. The van der Waals surface area contributed by atoms with Gasteiger partial charge in [-0.2, -0.15) is 0 Å². The van der Waals surface area contributed by atoms with Crippen molar-refractivity contribution in [3.05, 3.63) is 156 Å². The van der Waals surface area contributed by atoms with Crippen LogP contribution < -0.4 is 0 Å². The molecule has 4 aromatic carbocycles. The summed E-state index contributed by atoms with van der Waals surface area (Å²) in [5.41, 5.74) is 4.78. The van der Waals surface area contributed by atoms with Crippen molar-refractivity contribution >= 4 is 5.97 Å². The zero-order valence-electron chi connectivity index (χ0n) is 24.3. The van der Waals surface area contributed by atoms with Crippen molar-refractivity contribution in [2.75, 3.05) is 20.2 Å². The first kappa shape index (κ1) is 30.0. The molecule has 0 bridgehead atoms. The van der Waals surface area contributed by atoms with E-state index in [-0.39, 0.29) is 24.0 Å². The SMILES string of the molecule is C=CCN(Cc1ccccc1)C[C@@H]([C@@H](Cc1ccccc1)C(=O)OC)N(Cc1ccccc1)[C@@H](C)c1ccccc1. The van der Waals surface area contributed by atoms with Crippen molar-refractivity contribution in [3.63, 3.8) is 0 Å². The minimum atomic E-state index is -0.375. The number of carbonyl (C=O) groups is 1. The Bertz CT molecular complexity index is 1310. The molecule has 0 spiro atoms. The Kier molecular flexibility index (Phi) is 11.5. The summed E-state index contributed by atoms with van der Waals surface area (Å²) in [5, 5.41) is 0. The predicted octanol–water partition coefficient (Wildman–Crippen LogP) is 7.34. The number of ether oxygens (including phenoxy) is 1. The Morgan fingerprint density at radius 1 is 0.756 bits per heavy atom. The molecule has 4 nitrogen and oxygen atoms in total. The summed E-state index contributed by atoms with van der Waals surface area (Å²) in [5.74, 6) is -0.559. The summed E-state index contributed by atoms with van der Waals surface area (Å²) in [6.07, 6.45) is 2.55. The van der Waals surface area contributed by atoms with Crippen LogP contribution in [0.15, 0.2) is 134 Å². The smallest absolute Gasteiger partial charge is 0.310 e. The Labute approximate surface area is 245 Å². The van der Waals surface area contributed by atoms with E-state index < -0.39 is 0 Å². The largest absolute Gasteiger partial charge is 0.469 e. The summed E-state index contributed by atoms with van der Waals surface area (Å²) < 4.78 is 5.51. The van der Waals surface area contributed by atoms with E-state index in [2.05, 4.69) is 108 Å². The Morgan fingerprint density at radius 2 is 1.24 bits per heavy atom. The molecule has 4 heteroatoms. The van der Waals surface area contributed by atoms with Gasteiger partial charge in [0, 0.05) is 38.3 Å². The highest BCUT2D eigenvalue weighted by Gasteiger charge is 2.37. The number of benzene rings is 4. The van der Waals surface area contributed by atoms with E-state index in [4.69, 9.17) is 4.74 Å². The Balaban J connectivity index is 1.80. The zero-order chi connectivity index (χ0) is 28.9. The second-order valence-electron chi connectivity index (χ2n) is 10.6. The molecule has 41 heavy (non-hydrogen) atoms. The molecule has 4 aromatic rings. The second-order valence-corrected chi connectivity index (χ2v) is 10.6. The molecule has 0 saturated carbocycles. The molecule has 4 rings (SSSR count). The quantitative estimate of drug-likeness (QED) is 0.115. The van der Waals surface area contributed by atoms with Gasteiger partial charge in [0.25, 0.3) is 0 Å². The third kappa shape index (κ3) is 8.75. The minimum Gasteiger partial charge on any atom is -0.469 e. The van der Waals surface area contributed by atoms with Gasteiger partial charge in [-0.25, -0.2) is 0 Å². The fourth-order valence-corrected chi connectivity index (χ4v) is 5.61. The maximum atomic E-state index is 13.7. The average molecular weight is 547 g/mol. The molecule has 0 amide bonds. The number of carbonyl (C=O) groups excluding carboxylic acids is 1. The first-order valence-electron chi connectivity index (χ1n) is 14.4. The van der Waals surface area contributed by atoms with Crippen LogP contribution in [0.3, 0.4) is 0 Å². The molecule has 0 fully saturated rings. The monoisotopic (exact) mass is 546 g/mol. The molecule has 0 aliphatic heterocycles. The van der Waals surface area contributed by atoms with Gasteiger partial charge in [0.2, 0.25) is 0 Å². The Morgan fingerprint density at radius 3 is 1.76 bits per heavy atom. The van der Waals surface area contributed by atoms with Gasteiger partial charge in [-0.05, 0) is 35.6 Å².